The average molecular weight is 415 g/mol. The molecule has 1 aromatic heterocycles. The first-order chi connectivity index (χ1) is 13.4. The Morgan fingerprint density at radius 2 is 1.90 bits per heavy atom. The smallest absolute Gasteiger partial charge is 0.416 e. The van der Waals surface area contributed by atoms with Gasteiger partial charge < -0.3 is 14.4 Å². The lowest BCUT2D eigenvalue weighted by Gasteiger charge is -2.41. The zero-order valence-corrected chi connectivity index (χ0v) is 16.5. The van der Waals surface area contributed by atoms with Crippen molar-refractivity contribution < 1.29 is 32.2 Å². The van der Waals surface area contributed by atoms with E-state index in [2.05, 4.69) is 4.98 Å². The Labute approximate surface area is 166 Å². The van der Waals surface area contributed by atoms with E-state index in [-0.39, 0.29) is 24.9 Å². The summed E-state index contributed by atoms with van der Waals surface area (Å²) >= 11 is 0. The van der Waals surface area contributed by atoms with Crippen molar-refractivity contribution in [3.05, 3.63) is 23.9 Å². The lowest BCUT2D eigenvalue weighted by molar-refractivity contribution is -0.144. The Morgan fingerprint density at radius 1 is 1.21 bits per heavy atom. The molecule has 0 radical (unpaired) electrons. The summed E-state index contributed by atoms with van der Waals surface area (Å²) in [6, 6.07) is 1.12. The van der Waals surface area contributed by atoms with Gasteiger partial charge in [-0.1, -0.05) is 0 Å². The summed E-state index contributed by atoms with van der Waals surface area (Å²) in [5.74, 6) is -0.335. The molecule has 1 atom stereocenters. The van der Waals surface area contributed by atoms with E-state index in [1.165, 1.54) is 9.80 Å². The molecule has 160 valence electrons. The monoisotopic (exact) mass is 415 g/mol. The van der Waals surface area contributed by atoms with Gasteiger partial charge in [0, 0.05) is 18.8 Å². The number of hydrogen-bond donors (Lipinski definition) is 0. The van der Waals surface area contributed by atoms with Crippen molar-refractivity contribution in [1.82, 2.24) is 14.8 Å². The molecule has 2 fully saturated rings. The molecule has 0 N–H and O–H groups in total. The first kappa shape index (κ1) is 21.2. The zero-order chi connectivity index (χ0) is 21.4. The van der Waals surface area contributed by atoms with Gasteiger partial charge in [-0.15, -0.1) is 0 Å². The van der Waals surface area contributed by atoms with Crippen molar-refractivity contribution in [2.24, 2.45) is 0 Å². The van der Waals surface area contributed by atoms with Crippen LogP contribution in [0.1, 0.15) is 39.2 Å². The molecule has 10 heteroatoms. The van der Waals surface area contributed by atoms with Gasteiger partial charge in [0.15, 0.2) is 0 Å². The number of pyridine rings is 1. The number of likely N-dealkylation sites (tertiary alicyclic amines) is 2. The molecule has 3 rings (SSSR count). The fourth-order valence-electron chi connectivity index (χ4n) is 3.29. The highest BCUT2D eigenvalue weighted by Gasteiger charge is 2.42. The third-order valence-electron chi connectivity index (χ3n) is 4.68. The lowest BCUT2D eigenvalue weighted by atomic mass is 10.1. The van der Waals surface area contributed by atoms with E-state index in [1.54, 1.807) is 20.8 Å². The molecule has 29 heavy (non-hydrogen) atoms. The molecule has 7 nitrogen and oxygen atoms in total. The molecule has 2 amide bonds. The number of rotatable bonds is 3. The maximum atomic E-state index is 12.8. The Hall–Kier alpha value is -2.52. The summed E-state index contributed by atoms with van der Waals surface area (Å²) in [6.07, 6.45) is -3.14. The van der Waals surface area contributed by atoms with E-state index in [0.717, 1.165) is 18.3 Å². The van der Waals surface area contributed by atoms with E-state index in [4.69, 9.17) is 9.47 Å². The van der Waals surface area contributed by atoms with Crippen LogP contribution in [0.4, 0.5) is 18.0 Å². The molecule has 1 aromatic rings. The molecular weight excluding hydrogens is 391 g/mol. The predicted molar refractivity (Wildman–Crippen MR) is 96.2 cm³/mol. The molecule has 0 bridgehead atoms. The maximum absolute atomic E-state index is 12.8. The third-order valence-corrected chi connectivity index (χ3v) is 4.68. The van der Waals surface area contributed by atoms with Gasteiger partial charge in [-0.25, -0.2) is 9.78 Å². The van der Waals surface area contributed by atoms with Crippen LogP contribution in [0.25, 0.3) is 0 Å². The number of carbonyl (C=O) groups is 2. The van der Waals surface area contributed by atoms with Crippen molar-refractivity contribution in [3.63, 3.8) is 0 Å². The van der Waals surface area contributed by atoms with Crippen molar-refractivity contribution in [3.8, 4) is 5.88 Å². The summed E-state index contributed by atoms with van der Waals surface area (Å²) in [7, 11) is 0. The maximum Gasteiger partial charge on any atom is 0.416 e. The Morgan fingerprint density at radius 3 is 2.52 bits per heavy atom. The zero-order valence-electron chi connectivity index (χ0n) is 16.5. The highest BCUT2D eigenvalue weighted by atomic mass is 19.4. The van der Waals surface area contributed by atoms with E-state index < -0.39 is 35.6 Å². The number of ether oxygens (including phenoxy) is 2. The fraction of sp³-hybridized carbons (Fsp3) is 0.632. The molecule has 0 aromatic carbocycles. The van der Waals surface area contributed by atoms with Gasteiger partial charge in [-0.3, -0.25) is 9.69 Å². The number of aromatic nitrogens is 1. The Kier molecular flexibility index (Phi) is 5.64. The largest absolute Gasteiger partial charge is 0.471 e. The van der Waals surface area contributed by atoms with Crippen LogP contribution >= 0.6 is 0 Å². The normalized spacial score (nSPS) is 20.4. The van der Waals surface area contributed by atoms with Crippen LogP contribution in [0.15, 0.2) is 18.3 Å². The molecule has 0 spiro atoms. The van der Waals surface area contributed by atoms with Gasteiger partial charge in [0.1, 0.15) is 17.7 Å². The second-order valence-electron chi connectivity index (χ2n) is 8.20. The summed E-state index contributed by atoms with van der Waals surface area (Å²) in [5, 5.41) is 0. The van der Waals surface area contributed by atoms with Crippen molar-refractivity contribution in [2.45, 2.75) is 57.5 Å². The average Bonchev–Trinajstić information content (AvgIpc) is 3.05. The Balaban J connectivity index is 1.54. The minimum Gasteiger partial charge on any atom is -0.471 e. The minimum absolute atomic E-state index is 0.131. The van der Waals surface area contributed by atoms with Gasteiger partial charge in [-0.05, 0) is 39.7 Å². The highest BCUT2D eigenvalue weighted by molar-refractivity contribution is 5.87. The number of amides is 2. The summed E-state index contributed by atoms with van der Waals surface area (Å²) in [6.45, 7) is 6.20. The molecule has 0 saturated carbocycles. The van der Waals surface area contributed by atoms with Crippen molar-refractivity contribution >= 4 is 12.0 Å². The van der Waals surface area contributed by atoms with Gasteiger partial charge in [0.25, 0.3) is 0 Å². The van der Waals surface area contributed by atoms with E-state index in [1.807, 2.05) is 0 Å². The second kappa shape index (κ2) is 7.72. The summed E-state index contributed by atoms with van der Waals surface area (Å²) in [4.78, 5) is 31.8. The lowest BCUT2D eigenvalue weighted by Crippen LogP contribution is -2.60. The molecule has 2 saturated heterocycles. The Bertz CT molecular complexity index is 773. The standard InChI is InChI=1S/C19H24F3N3O4/c1-18(2,3)29-17(27)25-8-4-5-14(25)16(26)24-10-13(11-24)28-15-9-12(6-7-23-15)19(20,21)22/h6-7,9,13-14H,4-5,8,10-11H2,1-3H3. The van der Waals surface area contributed by atoms with Crippen molar-refractivity contribution in [2.75, 3.05) is 19.6 Å². The highest BCUT2D eigenvalue weighted by Crippen LogP contribution is 2.31. The predicted octanol–water partition coefficient (Wildman–Crippen LogP) is 3.09. The first-order valence-corrected chi connectivity index (χ1v) is 9.42. The molecule has 2 aliphatic rings. The van der Waals surface area contributed by atoms with Crippen LogP contribution in [-0.2, 0) is 15.7 Å². The van der Waals surface area contributed by atoms with Crippen LogP contribution in [0.2, 0.25) is 0 Å². The number of carbonyl (C=O) groups excluding carboxylic acids is 2. The van der Waals surface area contributed by atoms with Crippen LogP contribution in [0, 0.1) is 0 Å². The van der Waals surface area contributed by atoms with E-state index in [9.17, 15) is 22.8 Å². The second-order valence-corrected chi connectivity index (χ2v) is 8.20. The van der Waals surface area contributed by atoms with E-state index in [0.29, 0.717) is 19.4 Å². The van der Waals surface area contributed by atoms with Gasteiger partial charge in [-0.2, -0.15) is 13.2 Å². The number of halogens is 3. The minimum atomic E-state index is -4.48. The topological polar surface area (TPSA) is 72.0 Å². The SMILES string of the molecule is CC(C)(C)OC(=O)N1CCCC1C(=O)N1CC(Oc2cc(C(F)(F)F)ccn2)C1. The molecule has 1 unspecified atom stereocenters. The summed E-state index contributed by atoms with van der Waals surface area (Å²) < 4.78 is 49.1. The molecule has 2 aliphatic heterocycles. The van der Waals surface area contributed by atoms with E-state index >= 15 is 0 Å². The quantitative estimate of drug-likeness (QED) is 0.759. The van der Waals surface area contributed by atoms with Crippen LogP contribution in [0.5, 0.6) is 5.88 Å². The van der Waals surface area contributed by atoms with Gasteiger partial charge >= 0.3 is 12.3 Å². The van der Waals surface area contributed by atoms with Gasteiger partial charge in [0.2, 0.25) is 11.8 Å². The number of hydrogen-bond acceptors (Lipinski definition) is 5. The van der Waals surface area contributed by atoms with Gasteiger partial charge in [0.05, 0.1) is 18.7 Å². The van der Waals surface area contributed by atoms with Crippen molar-refractivity contribution in [1.29, 1.82) is 0 Å². The van der Waals surface area contributed by atoms with Crippen LogP contribution < -0.4 is 4.74 Å². The molecule has 0 aliphatic carbocycles. The van der Waals surface area contributed by atoms with Crippen LogP contribution in [0.3, 0.4) is 0 Å². The number of nitrogens with zero attached hydrogens (tertiary/aromatic N) is 3. The molecular formula is C19H24F3N3O4. The third kappa shape index (κ3) is 5.10. The van der Waals surface area contributed by atoms with Crippen LogP contribution in [-0.4, -0.2) is 64.2 Å². The number of alkyl halides is 3. The first-order valence-electron chi connectivity index (χ1n) is 9.42. The summed E-state index contributed by atoms with van der Waals surface area (Å²) in [5.41, 5.74) is -1.49. The fourth-order valence-corrected chi connectivity index (χ4v) is 3.29. The molecule has 3 heterocycles.